The van der Waals surface area contributed by atoms with Gasteiger partial charge in [-0.05, 0) is 19.3 Å². The first-order valence-electron chi connectivity index (χ1n) is 8.84. The Morgan fingerprint density at radius 2 is 1.45 bits per heavy atom. The minimum absolute atomic E-state index is 0.488. The summed E-state index contributed by atoms with van der Waals surface area (Å²) in [5.74, 6) is 0. The molecule has 1 saturated heterocycles. The molecule has 120 valence electrons. The highest BCUT2D eigenvalue weighted by atomic mass is 31.2. The zero-order valence-corrected chi connectivity index (χ0v) is 14.8. The van der Waals surface area contributed by atoms with Crippen LogP contribution >= 0.6 is 7.26 Å². The summed E-state index contributed by atoms with van der Waals surface area (Å²) in [6.07, 6.45) is 14.1. The van der Waals surface area contributed by atoms with Gasteiger partial charge in [-0.3, -0.25) is 0 Å². The monoisotopic (exact) mass is 303 g/mol. The van der Waals surface area contributed by atoms with Gasteiger partial charge in [0.15, 0.2) is 6.29 Å². The quantitative estimate of drug-likeness (QED) is 0.582. The lowest BCUT2D eigenvalue weighted by atomic mass is 10.2. The van der Waals surface area contributed by atoms with Gasteiger partial charge in [0.1, 0.15) is 0 Å². The fourth-order valence-electron chi connectivity index (χ4n) is 3.56. The second kappa shape index (κ2) is 10.1. The summed E-state index contributed by atoms with van der Waals surface area (Å²) in [5, 5.41) is 9.91. The van der Waals surface area contributed by atoms with Crippen LogP contribution in [0.25, 0.3) is 0 Å². The molecule has 0 spiro atoms. The Hall–Kier alpha value is 0.350. The predicted molar refractivity (Wildman–Crippen MR) is 91.2 cm³/mol. The maximum atomic E-state index is 9.91. The smallest absolute Gasteiger partial charge is 0.158 e. The van der Waals surface area contributed by atoms with Crippen LogP contribution in [0.1, 0.15) is 72.1 Å². The van der Waals surface area contributed by atoms with Crippen molar-refractivity contribution < 1.29 is 9.84 Å². The van der Waals surface area contributed by atoms with Crippen molar-refractivity contribution >= 4 is 7.26 Å². The van der Waals surface area contributed by atoms with Crippen LogP contribution in [-0.2, 0) is 4.74 Å². The molecule has 1 aliphatic heterocycles. The van der Waals surface area contributed by atoms with Crippen LogP contribution in [-0.4, -0.2) is 42.1 Å². The van der Waals surface area contributed by atoms with Gasteiger partial charge in [-0.15, -0.1) is 0 Å². The van der Waals surface area contributed by atoms with Crippen LogP contribution in [0.4, 0.5) is 0 Å². The molecule has 1 N–H and O–H groups in total. The number of aliphatic hydroxyl groups is 1. The lowest BCUT2D eigenvalue weighted by Gasteiger charge is -2.38. The van der Waals surface area contributed by atoms with E-state index in [0.717, 1.165) is 18.7 Å². The molecular weight excluding hydrogens is 267 g/mol. The molecule has 0 amide bonds. The molecule has 0 aliphatic carbocycles. The summed E-state index contributed by atoms with van der Waals surface area (Å²) in [6.45, 7) is 7.71. The second-order valence-corrected chi connectivity index (χ2v) is 11.0. The van der Waals surface area contributed by atoms with Crippen molar-refractivity contribution in [1.29, 1.82) is 0 Å². The lowest BCUT2D eigenvalue weighted by molar-refractivity contribution is -0.122. The zero-order chi connectivity index (χ0) is 14.8. The van der Waals surface area contributed by atoms with Crippen molar-refractivity contribution in [2.45, 2.75) is 84.1 Å². The predicted octanol–water partition coefficient (Wildman–Crippen LogP) is 4.90. The minimum atomic E-state index is -0.899. The SMILES string of the molecule is CCCC[P+](CCCC)(CCCC)C1CCOC(O)C1. The topological polar surface area (TPSA) is 29.5 Å². The summed E-state index contributed by atoms with van der Waals surface area (Å²) in [7, 11) is -0.899. The van der Waals surface area contributed by atoms with Gasteiger partial charge in [0, 0.05) is 20.1 Å². The van der Waals surface area contributed by atoms with Crippen molar-refractivity contribution in [2.75, 3.05) is 25.1 Å². The molecular formula is C17H36O2P+. The van der Waals surface area contributed by atoms with E-state index in [0.29, 0.717) is 0 Å². The van der Waals surface area contributed by atoms with Crippen molar-refractivity contribution in [1.82, 2.24) is 0 Å². The molecule has 0 radical (unpaired) electrons. The van der Waals surface area contributed by atoms with E-state index in [1.54, 1.807) is 0 Å². The van der Waals surface area contributed by atoms with E-state index < -0.39 is 13.6 Å². The molecule has 0 saturated carbocycles. The van der Waals surface area contributed by atoms with Gasteiger partial charge in [-0.1, -0.05) is 40.0 Å². The van der Waals surface area contributed by atoms with Gasteiger partial charge >= 0.3 is 0 Å². The van der Waals surface area contributed by atoms with Crippen LogP contribution < -0.4 is 0 Å². The molecule has 2 nitrogen and oxygen atoms in total. The third kappa shape index (κ3) is 5.62. The Labute approximate surface area is 127 Å². The third-order valence-electron chi connectivity index (χ3n) is 4.88. The van der Waals surface area contributed by atoms with Crippen LogP contribution in [0, 0.1) is 0 Å². The fraction of sp³-hybridized carbons (Fsp3) is 1.00. The van der Waals surface area contributed by atoms with E-state index in [1.807, 2.05) is 0 Å². The van der Waals surface area contributed by atoms with Gasteiger partial charge in [0.25, 0.3) is 0 Å². The molecule has 2 atom stereocenters. The number of hydrogen-bond acceptors (Lipinski definition) is 2. The van der Waals surface area contributed by atoms with E-state index in [9.17, 15) is 5.11 Å². The number of ether oxygens (including phenoxy) is 1. The molecule has 1 aliphatic rings. The number of rotatable bonds is 10. The molecule has 0 aromatic heterocycles. The van der Waals surface area contributed by atoms with E-state index in [4.69, 9.17) is 4.74 Å². The Kier molecular flexibility index (Phi) is 9.33. The van der Waals surface area contributed by atoms with Gasteiger partial charge in [0.05, 0.1) is 30.8 Å². The highest BCUT2D eigenvalue weighted by Crippen LogP contribution is 2.67. The van der Waals surface area contributed by atoms with Gasteiger partial charge in [-0.25, -0.2) is 0 Å². The maximum Gasteiger partial charge on any atom is 0.158 e. The molecule has 1 heterocycles. The minimum Gasteiger partial charge on any atom is -0.368 e. The van der Waals surface area contributed by atoms with Crippen LogP contribution in [0.5, 0.6) is 0 Å². The number of aliphatic hydroxyl groups excluding tert-OH is 1. The summed E-state index contributed by atoms with van der Waals surface area (Å²) < 4.78 is 5.39. The highest BCUT2D eigenvalue weighted by Gasteiger charge is 2.45. The van der Waals surface area contributed by atoms with Crippen LogP contribution in [0.2, 0.25) is 0 Å². The standard InChI is InChI=1S/C17H36O2P/c1-4-7-12-20(13-8-5-2,14-9-6-3)16-10-11-19-17(18)15-16/h16-18H,4-15H2,1-3H3/q+1. The van der Waals surface area contributed by atoms with Gasteiger partial charge < -0.3 is 9.84 Å². The van der Waals surface area contributed by atoms with Crippen LogP contribution in [0.15, 0.2) is 0 Å². The zero-order valence-electron chi connectivity index (χ0n) is 13.9. The Bertz CT molecular complexity index is 223. The molecule has 1 fully saturated rings. The first-order valence-corrected chi connectivity index (χ1v) is 11.2. The normalized spacial score (nSPS) is 24.0. The van der Waals surface area contributed by atoms with Gasteiger partial charge in [0.2, 0.25) is 0 Å². The fourth-order valence-corrected chi connectivity index (χ4v) is 9.44. The Morgan fingerprint density at radius 3 is 1.85 bits per heavy atom. The second-order valence-electron chi connectivity index (χ2n) is 6.45. The van der Waals surface area contributed by atoms with Crippen molar-refractivity contribution in [3.05, 3.63) is 0 Å². The number of unbranched alkanes of at least 4 members (excludes halogenated alkanes) is 3. The van der Waals surface area contributed by atoms with Crippen molar-refractivity contribution in [2.24, 2.45) is 0 Å². The van der Waals surface area contributed by atoms with Crippen LogP contribution in [0.3, 0.4) is 0 Å². The van der Waals surface area contributed by atoms with Crippen molar-refractivity contribution in [3.63, 3.8) is 0 Å². The van der Waals surface area contributed by atoms with Crippen molar-refractivity contribution in [3.8, 4) is 0 Å². The van der Waals surface area contributed by atoms with E-state index in [2.05, 4.69) is 20.8 Å². The summed E-state index contributed by atoms with van der Waals surface area (Å²) in [4.78, 5) is 0. The molecule has 3 heteroatoms. The maximum absolute atomic E-state index is 9.91. The average Bonchev–Trinajstić information content (AvgIpc) is 2.47. The van der Waals surface area contributed by atoms with Gasteiger partial charge in [-0.2, -0.15) is 0 Å². The molecule has 20 heavy (non-hydrogen) atoms. The molecule has 1 rings (SSSR count). The van der Waals surface area contributed by atoms with E-state index in [1.165, 1.54) is 63.4 Å². The molecule has 0 aromatic rings. The summed E-state index contributed by atoms with van der Waals surface area (Å²) >= 11 is 0. The highest BCUT2D eigenvalue weighted by molar-refractivity contribution is 7.76. The first kappa shape index (κ1) is 18.4. The third-order valence-corrected chi connectivity index (χ3v) is 10.5. The summed E-state index contributed by atoms with van der Waals surface area (Å²) in [5.41, 5.74) is 0.774. The summed E-state index contributed by atoms with van der Waals surface area (Å²) in [6, 6.07) is 0. The Balaban J connectivity index is 2.79. The van der Waals surface area contributed by atoms with E-state index >= 15 is 0 Å². The molecule has 0 bridgehead atoms. The first-order chi connectivity index (χ1) is 9.68. The lowest BCUT2D eigenvalue weighted by Crippen LogP contribution is -2.33. The number of hydrogen-bond donors (Lipinski definition) is 1. The Morgan fingerprint density at radius 1 is 0.950 bits per heavy atom. The molecule has 0 aromatic carbocycles. The van der Waals surface area contributed by atoms with E-state index in [-0.39, 0.29) is 0 Å². The average molecular weight is 303 g/mol. The largest absolute Gasteiger partial charge is 0.368 e. The molecule has 2 unspecified atom stereocenters.